The summed E-state index contributed by atoms with van der Waals surface area (Å²) in [4.78, 5) is 4.62. The summed E-state index contributed by atoms with van der Waals surface area (Å²) in [6.07, 6.45) is 2.34. The summed E-state index contributed by atoms with van der Waals surface area (Å²) >= 11 is 1.64. The van der Waals surface area contributed by atoms with E-state index in [9.17, 15) is 0 Å². The average Bonchev–Trinajstić information content (AvgIpc) is 3.08. The second-order valence-electron chi connectivity index (χ2n) is 4.94. The molecule has 3 heteroatoms. The first kappa shape index (κ1) is 11.1. The van der Waals surface area contributed by atoms with E-state index >= 15 is 0 Å². The van der Waals surface area contributed by atoms with Gasteiger partial charge in [0.1, 0.15) is 5.01 Å². The fourth-order valence-electron chi connectivity index (χ4n) is 3.00. The van der Waals surface area contributed by atoms with Gasteiger partial charge in [-0.25, -0.2) is 4.98 Å². The molecule has 1 aliphatic rings. The fourth-order valence-corrected chi connectivity index (χ4v) is 3.67. The van der Waals surface area contributed by atoms with Crippen LogP contribution in [-0.2, 0) is 19.4 Å². The lowest BCUT2D eigenvalue weighted by atomic mass is 9.98. The van der Waals surface area contributed by atoms with Crippen molar-refractivity contribution in [3.8, 4) is 11.3 Å². The zero-order valence-electron chi connectivity index (χ0n) is 10.5. The van der Waals surface area contributed by atoms with Crippen molar-refractivity contribution in [1.82, 2.24) is 4.98 Å². The number of nitrogens with zero attached hydrogens (tertiary/aromatic N) is 1. The number of rotatable bonds is 2. The average molecular weight is 266 g/mol. The minimum absolute atomic E-state index is 0.520. The Hall–Kier alpha value is -1.71. The molecule has 0 spiro atoms. The lowest BCUT2D eigenvalue weighted by molar-refractivity contribution is 1.02. The van der Waals surface area contributed by atoms with Crippen molar-refractivity contribution in [2.45, 2.75) is 19.4 Å². The first-order chi connectivity index (χ1) is 9.36. The Bertz CT molecular complexity index is 763. The molecule has 1 aromatic heterocycles. The normalized spacial score (nSPS) is 13.3. The lowest BCUT2D eigenvalue weighted by Gasteiger charge is -2.06. The Labute approximate surface area is 115 Å². The van der Waals surface area contributed by atoms with Crippen LogP contribution in [0.5, 0.6) is 0 Å². The second kappa shape index (κ2) is 4.15. The Balaban J connectivity index is 2.01. The van der Waals surface area contributed by atoms with Gasteiger partial charge < -0.3 is 5.73 Å². The molecule has 0 amide bonds. The SMILES string of the molecule is NCc1nc(-c2ccc3c4c(cccc24)CC3)cs1. The van der Waals surface area contributed by atoms with E-state index in [1.165, 1.54) is 40.3 Å². The third-order valence-corrected chi connectivity index (χ3v) is 4.75. The lowest BCUT2D eigenvalue weighted by Crippen LogP contribution is -1.94. The molecule has 0 saturated heterocycles. The van der Waals surface area contributed by atoms with Crippen molar-refractivity contribution >= 4 is 22.1 Å². The number of aryl methyl sites for hydroxylation is 2. The third kappa shape index (κ3) is 1.62. The molecule has 94 valence electrons. The molecule has 3 aromatic rings. The highest BCUT2D eigenvalue weighted by atomic mass is 32.1. The Morgan fingerprint density at radius 3 is 2.74 bits per heavy atom. The first-order valence-corrected chi connectivity index (χ1v) is 7.43. The minimum atomic E-state index is 0.520. The van der Waals surface area contributed by atoms with Gasteiger partial charge in [0.25, 0.3) is 0 Å². The van der Waals surface area contributed by atoms with Gasteiger partial charge in [-0.2, -0.15) is 0 Å². The van der Waals surface area contributed by atoms with E-state index in [1.54, 1.807) is 11.3 Å². The van der Waals surface area contributed by atoms with Gasteiger partial charge in [-0.3, -0.25) is 0 Å². The van der Waals surface area contributed by atoms with Crippen molar-refractivity contribution in [1.29, 1.82) is 0 Å². The van der Waals surface area contributed by atoms with E-state index < -0.39 is 0 Å². The van der Waals surface area contributed by atoms with Gasteiger partial charge in [-0.05, 0) is 34.7 Å². The summed E-state index contributed by atoms with van der Waals surface area (Å²) in [7, 11) is 0. The van der Waals surface area contributed by atoms with E-state index in [0.29, 0.717) is 6.54 Å². The molecule has 0 bridgehead atoms. The standard InChI is InChI=1S/C16H14N2S/c17-8-15-18-14(9-19-15)12-7-6-11-5-4-10-2-1-3-13(12)16(10)11/h1-3,6-7,9H,4-5,8,17H2. The Morgan fingerprint density at radius 2 is 1.95 bits per heavy atom. The van der Waals surface area contributed by atoms with Crippen LogP contribution in [0.1, 0.15) is 16.1 Å². The van der Waals surface area contributed by atoms with Gasteiger partial charge >= 0.3 is 0 Å². The van der Waals surface area contributed by atoms with E-state index in [2.05, 4.69) is 40.7 Å². The molecule has 0 radical (unpaired) electrons. The van der Waals surface area contributed by atoms with Gasteiger partial charge in [0.05, 0.1) is 5.69 Å². The highest BCUT2D eigenvalue weighted by Crippen LogP contribution is 2.37. The molecule has 4 rings (SSSR count). The van der Waals surface area contributed by atoms with Crippen molar-refractivity contribution in [2.24, 2.45) is 5.73 Å². The molecular weight excluding hydrogens is 252 g/mol. The maximum atomic E-state index is 5.66. The Kier molecular flexibility index (Phi) is 2.43. The molecule has 1 heterocycles. The molecule has 0 unspecified atom stereocenters. The minimum Gasteiger partial charge on any atom is -0.325 e. The summed E-state index contributed by atoms with van der Waals surface area (Å²) in [5.41, 5.74) is 10.9. The predicted molar refractivity (Wildman–Crippen MR) is 80.4 cm³/mol. The van der Waals surface area contributed by atoms with Crippen LogP contribution < -0.4 is 5.73 Å². The van der Waals surface area contributed by atoms with Gasteiger partial charge in [-0.15, -0.1) is 11.3 Å². The molecule has 19 heavy (non-hydrogen) atoms. The number of thiazole rings is 1. The number of aromatic nitrogens is 1. The third-order valence-electron chi connectivity index (χ3n) is 3.88. The second-order valence-corrected chi connectivity index (χ2v) is 5.89. The van der Waals surface area contributed by atoms with Crippen LogP contribution in [-0.4, -0.2) is 4.98 Å². The first-order valence-electron chi connectivity index (χ1n) is 6.55. The van der Waals surface area contributed by atoms with Gasteiger partial charge in [0.15, 0.2) is 0 Å². The topological polar surface area (TPSA) is 38.9 Å². The smallest absolute Gasteiger partial charge is 0.107 e. The molecule has 2 aromatic carbocycles. The van der Waals surface area contributed by atoms with Gasteiger partial charge in [0.2, 0.25) is 0 Å². The zero-order valence-corrected chi connectivity index (χ0v) is 11.3. The largest absolute Gasteiger partial charge is 0.325 e. The maximum Gasteiger partial charge on any atom is 0.107 e. The number of hydrogen-bond acceptors (Lipinski definition) is 3. The highest BCUT2D eigenvalue weighted by Gasteiger charge is 2.17. The summed E-state index contributed by atoms with van der Waals surface area (Å²) in [6.45, 7) is 0.520. The van der Waals surface area contributed by atoms with Crippen molar-refractivity contribution in [3.05, 3.63) is 51.8 Å². The molecule has 1 aliphatic carbocycles. The van der Waals surface area contributed by atoms with Crippen LogP contribution in [0.2, 0.25) is 0 Å². The van der Waals surface area contributed by atoms with Crippen molar-refractivity contribution in [2.75, 3.05) is 0 Å². The maximum absolute atomic E-state index is 5.66. The summed E-state index contributed by atoms with van der Waals surface area (Å²) in [5.74, 6) is 0. The molecule has 0 atom stereocenters. The van der Waals surface area contributed by atoms with Crippen LogP contribution in [0.15, 0.2) is 35.7 Å². The van der Waals surface area contributed by atoms with E-state index in [4.69, 9.17) is 5.73 Å². The number of benzene rings is 2. The van der Waals surface area contributed by atoms with Crippen LogP contribution in [0, 0.1) is 0 Å². The highest BCUT2D eigenvalue weighted by molar-refractivity contribution is 7.09. The molecule has 0 saturated carbocycles. The van der Waals surface area contributed by atoms with E-state index in [-0.39, 0.29) is 0 Å². The summed E-state index contributed by atoms with van der Waals surface area (Å²) in [5, 5.41) is 5.89. The Morgan fingerprint density at radius 1 is 1.11 bits per heavy atom. The van der Waals surface area contributed by atoms with Crippen LogP contribution in [0.25, 0.3) is 22.0 Å². The molecule has 0 aliphatic heterocycles. The van der Waals surface area contributed by atoms with Gasteiger partial charge in [-0.1, -0.05) is 30.3 Å². The van der Waals surface area contributed by atoms with Crippen LogP contribution in [0.3, 0.4) is 0 Å². The molecule has 2 nitrogen and oxygen atoms in total. The van der Waals surface area contributed by atoms with Crippen molar-refractivity contribution in [3.63, 3.8) is 0 Å². The molecule has 2 N–H and O–H groups in total. The van der Waals surface area contributed by atoms with E-state index in [1.807, 2.05) is 0 Å². The van der Waals surface area contributed by atoms with Crippen LogP contribution in [0.4, 0.5) is 0 Å². The van der Waals surface area contributed by atoms with Crippen molar-refractivity contribution < 1.29 is 0 Å². The van der Waals surface area contributed by atoms with Gasteiger partial charge in [0, 0.05) is 17.5 Å². The number of hydrogen-bond donors (Lipinski definition) is 1. The van der Waals surface area contributed by atoms with Crippen LogP contribution >= 0.6 is 11.3 Å². The predicted octanol–water partition coefficient (Wildman–Crippen LogP) is 3.52. The summed E-state index contributed by atoms with van der Waals surface area (Å²) in [6, 6.07) is 11.1. The summed E-state index contributed by atoms with van der Waals surface area (Å²) < 4.78 is 0. The number of nitrogens with two attached hydrogens (primary N) is 1. The van der Waals surface area contributed by atoms with E-state index in [0.717, 1.165) is 10.7 Å². The quantitative estimate of drug-likeness (QED) is 0.770. The molecular formula is C16H14N2S. The molecule has 0 fully saturated rings. The zero-order chi connectivity index (χ0) is 12.8. The monoisotopic (exact) mass is 266 g/mol. The fraction of sp³-hybridized carbons (Fsp3) is 0.188.